The Labute approximate surface area is 113 Å². The Morgan fingerprint density at radius 3 is 3.00 bits per heavy atom. The van der Waals surface area contributed by atoms with Crippen LogP contribution in [-0.2, 0) is 16.6 Å². The summed E-state index contributed by atoms with van der Waals surface area (Å²) in [5, 5.41) is 3.51. The van der Waals surface area contributed by atoms with Crippen molar-refractivity contribution in [3.05, 3.63) is 35.4 Å². The molecule has 0 aromatic heterocycles. The summed E-state index contributed by atoms with van der Waals surface area (Å²) in [7, 11) is -0.721. The van der Waals surface area contributed by atoms with Gasteiger partial charge in [-0.05, 0) is 38.3 Å². The minimum Gasteiger partial charge on any atom is -0.314 e. The highest BCUT2D eigenvalue weighted by Gasteiger charge is 2.13. The SMILES string of the molecule is Cc1cccc(CS(=O)CCC2CCCCN2)c1. The normalized spacial score (nSPS) is 21.7. The van der Waals surface area contributed by atoms with E-state index in [0.29, 0.717) is 11.8 Å². The molecule has 0 bridgehead atoms. The number of rotatable bonds is 5. The standard InChI is InChI=1S/C15H23NOS/c1-13-5-4-6-14(11-13)12-18(17)10-8-15-7-2-3-9-16-15/h4-6,11,15-16H,2-3,7-10,12H2,1H3. The van der Waals surface area contributed by atoms with Crippen LogP contribution in [0.15, 0.2) is 24.3 Å². The van der Waals surface area contributed by atoms with Gasteiger partial charge in [-0.3, -0.25) is 4.21 Å². The lowest BCUT2D eigenvalue weighted by Gasteiger charge is -2.23. The first kappa shape index (κ1) is 13.8. The predicted octanol–water partition coefficient (Wildman–Crippen LogP) is 2.78. The molecule has 100 valence electrons. The highest BCUT2D eigenvalue weighted by Crippen LogP contribution is 2.12. The fraction of sp³-hybridized carbons (Fsp3) is 0.600. The fourth-order valence-electron chi connectivity index (χ4n) is 2.50. The second-order valence-electron chi connectivity index (χ2n) is 5.21. The lowest BCUT2D eigenvalue weighted by molar-refractivity contribution is 0.394. The smallest absolute Gasteiger partial charge is 0.0485 e. The Hall–Kier alpha value is -0.670. The molecule has 0 aliphatic carbocycles. The lowest BCUT2D eigenvalue weighted by atomic mass is 10.0. The largest absolute Gasteiger partial charge is 0.314 e. The number of aryl methyl sites for hydroxylation is 1. The minimum atomic E-state index is -0.721. The third-order valence-corrected chi connectivity index (χ3v) is 4.86. The number of hydrogen-bond donors (Lipinski definition) is 1. The van der Waals surface area contributed by atoms with Crippen molar-refractivity contribution < 1.29 is 4.21 Å². The van der Waals surface area contributed by atoms with Gasteiger partial charge in [0.2, 0.25) is 0 Å². The van der Waals surface area contributed by atoms with Crippen molar-refractivity contribution in [1.29, 1.82) is 0 Å². The van der Waals surface area contributed by atoms with Gasteiger partial charge in [0.15, 0.2) is 0 Å². The first-order valence-electron chi connectivity index (χ1n) is 6.88. The van der Waals surface area contributed by atoms with Crippen LogP contribution in [0, 0.1) is 6.92 Å². The number of hydrogen-bond acceptors (Lipinski definition) is 2. The van der Waals surface area contributed by atoms with E-state index in [2.05, 4.69) is 30.4 Å². The summed E-state index contributed by atoms with van der Waals surface area (Å²) < 4.78 is 12.0. The Bertz CT molecular complexity index is 399. The summed E-state index contributed by atoms with van der Waals surface area (Å²) in [5.74, 6) is 1.53. The van der Waals surface area contributed by atoms with Gasteiger partial charge in [-0.25, -0.2) is 0 Å². The molecule has 2 atom stereocenters. The van der Waals surface area contributed by atoms with E-state index in [1.807, 2.05) is 6.07 Å². The van der Waals surface area contributed by atoms with Gasteiger partial charge < -0.3 is 5.32 Å². The number of benzene rings is 1. The summed E-state index contributed by atoms with van der Waals surface area (Å²) in [4.78, 5) is 0. The van der Waals surface area contributed by atoms with Crippen LogP contribution in [0.1, 0.15) is 36.8 Å². The Morgan fingerprint density at radius 2 is 2.28 bits per heavy atom. The lowest BCUT2D eigenvalue weighted by Crippen LogP contribution is -2.35. The van der Waals surface area contributed by atoms with E-state index in [0.717, 1.165) is 18.7 Å². The van der Waals surface area contributed by atoms with Crippen LogP contribution in [-0.4, -0.2) is 22.5 Å². The van der Waals surface area contributed by atoms with Crippen LogP contribution >= 0.6 is 0 Å². The second kappa shape index (κ2) is 7.05. The van der Waals surface area contributed by atoms with Gasteiger partial charge in [-0.2, -0.15) is 0 Å². The topological polar surface area (TPSA) is 29.1 Å². The molecule has 1 saturated heterocycles. The van der Waals surface area contributed by atoms with Gasteiger partial charge >= 0.3 is 0 Å². The monoisotopic (exact) mass is 265 g/mol. The van der Waals surface area contributed by atoms with E-state index in [4.69, 9.17) is 0 Å². The molecular formula is C15H23NOS. The van der Waals surface area contributed by atoms with Crippen molar-refractivity contribution in [3.8, 4) is 0 Å². The number of piperidine rings is 1. The molecule has 1 heterocycles. The molecule has 0 amide bonds. The van der Waals surface area contributed by atoms with E-state index in [-0.39, 0.29) is 0 Å². The van der Waals surface area contributed by atoms with Crippen LogP contribution in [0.2, 0.25) is 0 Å². The Balaban J connectivity index is 1.74. The van der Waals surface area contributed by atoms with E-state index >= 15 is 0 Å². The van der Waals surface area contributed by atoms with Gasteiger partial charge in [0.1, 0.15) is 0 Å². The van der Waals surface area contributed by atoms with Crippen molar-refractivity contribution in [2.45, 2.75) is 44.4 Å². The predicted molar refractivity (Wildman–Crippen MR) is 78.2 cm³/mol. The third kappa shape index (κ3) is 4.54. The molecular weight excluding hydrogens is 242 g/mol. The molecule has 1 N–H and O–H groups in total. The number of nitrogens with one attached hydrogen (secondary N) is 1. The second-order valence-corrected chi connectivity index (χ2v) is 6.79. The van der Waals surface area contributed by atoms with Gasteiger partial charge in [0, 0.05) is 28.3 Å². The summed E-state index contributed by atoms with van der Waals surface area (Å²) in [6, 6.07) is 8.93. The van der Waals surface area contributed by atoms with Gasteiger partial charge in [0.25, 0.3) is 0 Å². The average molecular weight is 265 g/mol. The first-order valence-corrected chi connectivity index (χ1v) is 8.37. The van der Waals surface area contributed by atoms with Gasteiger partial charge in [-0.1, -0.05) is 36.2 Å². The van der Waals surface area contributed by atoms with E-state index in [1.165, 1.54) is 30.4 Å². The zero-order valence-electron chi connectivity index (χ0n) is 11.2. The molecule has 1 aliphatic rings. The van der Waals surface area contributed by atoms with Crippen molar-refractivity contribution in [1.82, 2.24) is 5.32 Å². The molecule has 1 fully saturated rings. The summed E-state index contributed by atoms with van der Waals surface area (Å²) >= 11 is 0. The molecule has 0 radical (unpaired) electrons. The van der Waals surface area contributed by atoms with Gasteiger partial charge in [-0.15, -0.1) is 0 Å². The molecule has 0 spiro atoms. The summed E-state index contributed by atoms with van der Waals surface area (Å²) in [5.41, 5.74) is 2.45. The molecule has 18 heavy (non-hydrogen) atoms. The maximum absolute atomic E-state index is 12.0. The zero-order valence-corrected chi connectivity index (χ0v) is 12.0. The van der Waals surface area contributed by atoms with Crippen molar-refractivity contribution in [3.63, 3.8) is 0 Å². The van der Waals surface area contributed by atoms with Crippen molar-refractivity contribution in [2.24, 2.45) is 0 Å². The maximum atomic E-state index is 12.0. The fourth-order valence-corrected chi connectivity index (χ4v) is 3.75. The van der Waals surface area contributed by atoms with Crippen LogP contribution in [0.3, 0.4) is 0 Å². The Morgan fingerprint density at radius 1 is 1.39 bits per heavy atom. The molecule has 1 aromatic carbocycles. The van der Waals surface area contributed by atoms with Crippen LogP contribution in [0.25, 0.3) is 0 Å². The molecule has 0 saturated carbocycles. The third-order valence-electron chi connectivity index (χ3n) is 3.52. The zero-order chi connectivity index (χ0) is 12.8. The molecule has 3 heteroatoms. The quantitative estimate of drug-likeness (QED) is 0.887. The average Bonchev–Trinajstić information content (AvgIpc) is 2.38. The van der Waals surface area contributed by atoms with Crippen LogP contribution in [0.4, 0.5) is 0 Å². The Kier molecular flexibility index (Phi) is 5.39. The first-order chi connectivity index (χ1) is 8.74. The van der Waals surface area contributed by atoms with Crippen LogP contribution < -0.4 is 5.32 Å². The highest BCUT2D eigenvalue weighted by atomic mass is 32.2. The van der Waals surface area contributed by atoms with Crippen molar-refractivity contribution in [2.75, 3.05) is 12.3 Å². The summed E-state index contributed by atoms with van der Waals surface area (Å²) in [6.07, 6.45) is 4.92. The van der Waals surface area contributed by atoms with Gasteiger partial charge in [0.05, 0.1) is 0 Å². The molecule has 1 aliphatic heterocycles. The van der Waals surface area contributed by atoms with E-state index < -0.39 is 10.8 Å². The highest BCUT2D eigenvalue weighted by molar-refractivity contribution is 7.84. The molecule has 1 aromatic rings. The van der Waals surface area contributed by atoms with Crippen LogP contribution in [0.5, 0.6) is 0 Å². The maximum Gasteiger partial charge on any atom is 0.0485 e. The summed E-state index contributed by atoms with van der Waals surface area (Å²) in [6.45, 7) is 3.22. The minimum absolute atomic E-state index is 0.597. The molecule has 2 unspecified atom stereocenters. The van der Waals surface area contributed by atoms with Crippen molar-refractivity contribution >= 4 is 10.8 Å². The molecule has 2 nitrogen and oxygen atoms in total. The van der Waals surface area contributed by atoms with E-state index in [9.17, 15) is 4.21 Å². The molecule has 2 rings (SSSR count). The van der Waals surface area contributed by atoms with E-state index in [1.54, 1.807) is 0 Å².